The van der Waals surface area contributed by atoms with Crippen molar-refractivity contribution in [2.45, 2.75) is 18.0 Å². The number of amides is 2. The van der Waals surface area contributed by atoms with E-state index in [1.165, 1.54) is 11.8 Å². The zero-order valence-electron chi connectivity index (χ0n) is 20.1. The number of carbonyl (C=O) groups excluding carboxylic acids is 2. The summed E-state index contributed by atoms with van der Waals surface area (Å²) < 4.78 is 7.42. The number of carbonyl (C=O) groups is 4. The van der Waals surface area contributed by atoms with Crippen molar-refractivity contribution in [1.29, 1.82) is 5.26 Å². The Balaban J connectivity index is 0.00000387. The van der Waals surface area contributed by atoms with Crippen LogP contribution in [0.4, 0.5) is 5.13 Å². The van der Waals surface area contributed by atoms with Gasteiger partial charge in [-0.3, -0.25) is 14.5 Å². The van der Waals surface area contributed by atoms with Crippen LogP contribution in [0.3, 0.4) is 0 Å². The average molecular weight is 609 g/mol. The number of nitriles is 1. The van der Waals surface area contributed by atoms with E-state index in [-0.39, 0.29) is 58.5 Å². The molecule has 1 saturated heterocycles. The first-order valence-corrected chi connectivity index (χ1v) is 13.1. The van der Waals surface area contributed by atoms with Crippen molar-refractivity contribution >= 4 is 93.1 Å². The molecule has 2 atom stereocenters. The molecule has 2 amide bonds. The van der Waals surface area contributed by atoms with Crippen molar-refractivity contribution in [2.24, 2.45) is 5.16 Å². The molecule has 0 spiro atoms. The molecule has 5 rings (SSSR count). The Bertz CT molecular complexity index is 1680. The predicted molar refractivity (Wildman–Crippen MR) is 144 cm³/mol. The second kappa shape index (κ2) is 12.2. The summed E-state index contributed by atoms with van der Waals surface area (Å²) in [4.78, 5) is 58.8. The Kier molecular flexibility index (Phi) is 8.94. The number of β-lactam (4-membered cyclic amide) rings is 1. The number of thioether (sulfide) groups is 1. The van der Waals surface area contributed by atoms with E-state index in [9.17, 15) is 24.3 Å². The van der Waals surface area contributed by atoms with Crippen molar-refractivity contribution in [3.63, 3.8) is 0 Å². The Morgan fingerprint density at radius 3 is 2.78 bits per heavy atom. The predicted octanol–water partition coefficient (Wildman–Crippen LogP) is -1.87. The van der Waals surface area contributed by atoms with Gasteiger partial charge in [0.1, 0.15) is 48.3 Å². The molecule has 2 aliphatic heterocycles. The number of hydrogen-bond acceptors (Lipinski definition) is 12. The number of nitrogens with zero attached hydrogens (tertiary/aromatic N) is 7. The number of nitrogens with two attached hydrogens (primary N) is 1. The summed E-state index contributed by atoms with van der Waals surface area (Å²) in [6, 6.07) is 4.35. The van der Waals surface area contributed by atoms with Gasteiger partial charge in [0.2, 0.25) is 18.1 Å². The molecule has 0 radical (unpaired) electrons. The Morgan fingerprint density at radius 2 is 2.12 bits per heavy atom. The van der Waals surface area contributed by atoms with Gasteiger partial charge in [-0.15, -0.1) is 11.8 Å². The maximum absolute atomic E-state index is 13.1. The van der Waals surface area contributed by atoms with E-state index < -0.39 is 47.5 Å². The number of oxime groups is 1. The molecule has 3 aromatic rings. The van der Waals surface area contributed by atoms with E-state index in [1.807, 2.05) is 0 Å². The molecule has 0 saturated carbocycles. The van der Waals surface area contributed by atoms with Crippen LogP contribution >= 0.6 is 23.3 Å². The molecule has 1 fully saturated rings. The van der Waals surface area contributed by atoms with E-state index in [0.717, 1.165) is 22.1 Å². The second-order valence-electron chi connectivity index (χ2n) is 8.40. The van der Waals surface area contributed by atoms with Crippen molar-refractivity contribution in [2.75, 3.05) is 18.1 Å². The molecule has 41 heavy (non-hydrogen) atoms. The standard InChI is InChI=1S/C22H17N9O7S2.Na.H/c23-5-10-1-2-12-29(6-10)3-4-30(12)7-11-9-39-20-15(19(35)31(20)16(11)21(36)37)25-18(34)14(27-38-8-13(32)33)17-26-22(24)40-28-17;;/h1-4,6,15,20H,7-9H2,(H4-,24,25,26,28,32,33,34,36,37);;/p+1/b27-14+;;/t15-,20-;;/m1../s1. The van der Waals surface area contributed by atoms with Crippen LogP contribution in [0.5, 0.6) is 0 Å². The van der Waals surface area contributed by atoms with Crippen molar-refractivity contribution in [3.05, 3.63) is 53.4 Å². The van der Waals surface area contributed by atoms with Gasteiger partial charge in [0.15, 0.2) is 5.13 Å². The molecule has 2 aliphatic rings. The third-order valence-corrected chi connectivity index (χ3v) is 7.78. The molecule has 16 nitrogen and oxygen atoms in total. The zero-order chi connectivity index (χ0) is 28.6. The van der Waals surface area contributed by atoms with E-state index in [1.54, 1.807) is 39.7 Å². The van der Waals surface area contributed by atoms with Gasteiger partial charge in [0.05, 0.1) is 5.56 Å². The number of imidazole rings is 1. The van der Waals surface area contributed by atoms with Gasteiger partial charge in [-0.1, -0.05) is 5.16 Å². The van der Waals surface area contributed by atoms with Gasteiger partial charge in [-0.2, -0.15) is 14.6 Å². The van der Waals surface area contributed by atoms with E-state index in [0.29, 0.717) is 11.1 Å². The molecule has 206 valence electrons. The molecular formula is C22H19N9NaO7S2+. The third kappa shape index (κ3) is 5.89. The summed E-state index contributed by atoms with van der Waals surface area (Å²) in [5.41, 5.74) is 6.58. The molecule has 19 heteroatoms. The zero-order valence-corrected chi connectivity index (χ0v) is 21.8. The van der Waals surface area contributed by atoms with Crippen molar-refractivity contribution in [3.8, 4) is 6.07 Å². The van der Waals surface area contributed by atoms with Gasteiger partial charge in [-0.25, -0.2) is 18.6 Å². The van der Waals surface area contributed by atoms with Gasteiger partial charge in [0.25, 0.3) is 17.5 Å². The Hall–Kier alpha value is -4.02. The second-order valence-corrected chi connectivity index (χ2v) is 10.3. The van der Waals surface area contributed by atoms with E-state index in [4.69, 9.17) is 16.1 Å². The van der Waals surface area contributed by atoms with Gasteiger partial charge < -0.3 is 26.1 Å². The number of hydrogen-bond donors (Lipinski definition) is 4. The molecule has 3 aromatic heterocycles. The van der Waals surface area contributed by atoms with Crippen LogP contribution in [0, 0.1) is 11.3 Å². The molecule has 5 heterocycles. The fraction of sp³-hybridized carbons (Fsp3) is 0.227. The number of anilines is 1. The van der Waals surface area contributed by atoms with Crippen LogP contribution in [0.15, 0.2) is 47.1 Å². The monoisotopic (exact) mass is 608 g/mol. The third-order valence-electron chi connectivity index (χ3n) is 5.90. The number of carboxylic acids is 2. The fourth-order valence-electron chi connectivity index (χ4n) is 4.19. The summed E-state index contributed by atoms with van der Waals surface area (Å²) in [7, 11) is 0. The van der Waals surface area contributed by atoms with Crippen LogP contribution < -0.4 is 15.5 Å². The number of fused-ring (bicyclic) bond motifs is 2. The SMILES string of the molecule is N#Cc1ccc2n(CC3=C(C(=O)O)N4C(=O)[C@@H](NC(=O)/C(=N/OCC(=O)O)c5nsc(N)n5)[C@H]4SC3)cc[n+]2c1.[NaH]. The van der Waals surface area contributed by atoms with Gasteiger partial charge in [-0.05, 0) is 6.07 Å². The van der Waals surface area contributed by atoms with Crippen molar-refractivity contribution in [1.82, 2.24) is 24.1 Å². The van der Waals surface area contributed by atoms with Gasteiger partial charge >= 0.3 is 41.5 Å². The number of carboxylic acid groups (broad SMARTS) is 2. The average Bonchev–Trinajstić information content (AvgIpc) is 3.54. The molecule has 0 aromatic carbocycles. The first-order valence-electron chi connectivity index (χ1n) is 11.3. The Morgan fingerprint density at radius 1 is 1.34 bits per heavy atom. The number of rotatable bonds is 9. The fourth-order valence-corrected chi connectivity index (χ4v) is 5.96. The minimum atomic E-state index is -1.33. The van der Waals surface area contributed by atoms with Crippen LogP contribution in [0.1, 0.15) is 11.4 Å². The summed E-state index contributed by atoms with van der Waals surface area (Å²) in [5, 5.41) is 33.2. The maximum atomic E-state index is 13.1. The first kappa shape index (κ1) is 30.0. The molecule has 5 N–H and O–H groups in total. The number of pyridine rings is 1. The first-order chi connectivity index (χ1) is 19.2. The number of aliphatic carboxylic acids is 2. The Labute approximate surface area is 260 Å². The number of nitrogen functional groups attached to an aromatic ring is 1. The number of aromatic nitrogens is 4. The van der Waals surface area contributed by atoms with Gasteiger partial charge in [0, 0.05) is 28.9 Å². The summed E-state index contributed by atoms with van der Waals surface area (Å²) in [6.45, 7) is -0.658. The summed E-state index contributed by atoms with van der Waals surface area (Å²) in [5.74, 6) is -4.17. The summed E-state index contributed by atoms with van der Waals surface area (Å²) in [6.07, 6.45) is 5.13. The topological polar surface area (TPSA) is 230 Å². The molecule has 0 aliphatic carbocycles. The normalized spacial score (nSPS) is 18.2. The molecular weight excluding hydrogens is 589 g/mol. The molecule has 0 unspecified atom stereocenters. The quantitative estimate of drug-likeness (QED) is 0.0688. The minimum absolute atomic E-state index is 0. The summed E-state index contributed by atoms with van der Waals surface area (Å²) >= 11 is 2.04. The molecule has 0 bridgehead atoms. The number of nitrogens with one attached hydrogen (secondary N) is 1. The van der Waals surface area contributed by atoms with Crippen LogP contribution in [0.25, 0.3) is 5.65 Å². The van der Waals surface area contributed by atoms with Crippen LogP contribution in [0.2, 0.25) is 0 Å². The van der Waals surface area contributed by atoms with Crippen LogP contribution in [-0.2, 0) is 30.6 Å². The van der Waals surface area contributed by atoms with Crippen LogP contribution in [-0.4, -0.2) is 112 Å². The van der Waals surface area contributed by atoms with Crippen molar-refractivity contribution < 1.29 is 38.6 Å². The van der Waals surface area contributed by atoms with E-state index >= 15 is 0 Å². The van der Waals surface area contributed by atoms with E-state index in [2.05, 4.69) is 30.7 Å².